The maximum atomic E-state index is 12.1. The molecule has 1 N–H and O–H groups in total. The fourth-order valence-electron chi connectivity index (χ4n) is 2.07. The van der Waals surface area contributed by atoms with Gasteiger partial charge in [0, 0.05) is 7.05 Å². The quantitative estimate of drug-likeness (QED) is 0.799. The summed E-state index contributed by atoms with van der Waals surface area (Å²) in [6.07, 6.45) is 3.59. The van der Waals surface area contributed by atoms with E-state index in [0.29, 0.717) is 5.75 Å². The third-order valence-electron chi connectivity index (χ3n) is 3.12. The Morgan fingerprint density at radius 2 is 2.14 bits per heavy atom. The van der Waals surface area contributed by atoms with Gasteiger partial charge in [-0.15, -0.1) is 10.2 Å². The van der Waals surface area contributed by atoms with Gasteiger partial charge in [0.2, 0.25) is 5.91 Å². The predicted octanol–water partition coefficient (Wildman–Crippen LogP) is 2.56. The van der Waals surface area contributed by atoms with Crippen LogP contribution in [0.1, 0.15) is 31.4 Å². The van der Waals surface area contributed by atoms with Crippen LogP contribution in [0.4, 0.5) is 0 Å². The first-order valence-corrected chi connectivity index (χ1v) is 8.00. The van der Waals surface area contributed by atoms with Crippen molar-refractivity contribution < 1.29 is 4.79 Å². The molecule has 2 rings (SSSR count). The molecule has 2 aromatic rings. The van der Waals surface area contributed by atoms with E-state index < -0.39 is 0 Å². The maximum absolute atomic E-state index is 12.1. The highest BCUT2D eigenvalue weighted by molar-refractivity contribution is 7.99. The average molecular weight is 304 g/mol. The number of amides is 1. The van der Waals surface area contributed by atoms with Crippen LogP contribution < -0.4 is 5.32 Å². The molecule has 0 aliphatic carbocycles. The molecular weight excluding hydrogens is 284 g/mol. The van der Waals surface area contributed by atoms with Gasteiger partial charge in [0.15, 0.2) is 5.16 Å². The zero-order valence-corrected chi connectivity index (χ0v) is 13.1. The van der Waals surface area contributed by atoms with Gasteiger partial charge in [0.05, 0.1) is 11.8 Å². The minimum absolute atomic E-state index is 0.0188. The van der Waals surface area contributed by atoms with Crippen LogP contribution in [0.3, 0.4) is 0 Å². The Morgan fingerprint density at radius 3 is 2.76 bits per heavy atom. The van der Waals surface area contributed by atoms with Crippen molar-refractivity contribution >= 4 is 17.7 Å². The first-order valence-electron chi connectivity index (χ1n) is 7.01. The Balaban J connectivity index is 1.91. The molecule has 0 radical (unpaired) electrons. The van der Waals surface area contributed by atoms with E-state index in [1.54, 1.807) is 10.9 Å². The monoisotopic (exact) mass is 304 g/mol. The van der Waals surface area contributed by atoms with Crippen LogP contribution in [-0.4, -0.2) is 26.4 Å². The van der Waals surface area contributed by atoms with Crippen LogP contribution in [0.2, 0.25) is 0 Å². The highest BCUT2D eigenvalue weighted by atomic mass is 32.2. The lowest BCUT2D eigenvalue weighted by atomic mass is 10.0. The van der Waals surface area contributed by atoms with Gasteiger partial charge in [-0.05, 0) is 12.0 Å². The molecule has 21 heavy (non-hydrogen) atoms. The van der Waals surface area contributed by atoms with Gasteiger partial charge < -0.3 is 9.88 Å². The number of carbonyl (C=O) groups is 1. The number of carbonyl (C=O) groups excluding carboxylic acids is 1. The molecular formula is C15H20N4OS. The van der Waals surface area contributed by atoms with Gasteiger partial charge in [-0.3, -0.25) is 4.79 Å². The third kappa shape index (κ3) is 4.60. The molecule has 0 spiro atoms. The molecule has 0 aliphatic heterocycles. The van der Waals surface area contributed by atoms with E-state index in [-0.39, 0.29) is 11.9 Å². The highest BCUT2D eigenvalue weighted by Crippen LogP contribution is 2.19. The second-order valence-electron chi connectivity index (χ2n) is 4.83. The van der Waals surface area contributed by atoms with E-state index >= 15 is 0 Å². The first kappa shape index (κ1) is 15.6. The molecule has 0 aliphatic rings. The summed E-state index contributed by atoms with van der Waals surface area (Å²) in [7, 11) is 1.87. The van der Waals surface area contributed by atoms with Gasteiger partial charge in [-0.1, -0.05) is 55.4 Å². The Hall–Kier alpha value is -1.82. The number of hydrogen-bond donors (Lipinski definition) is 1. The van der Waals surface area contributed by atoms with Gasteiger partial charge in [-0.25, -0.2) is 0 Å². The van der Waals surface area contributed by atoms with Crippen LogP contribution in [-0.2, 0) is 11.8 Å². The Bertz CT molecular complexity index is 570. The van der Waals surface area contributed by atoms with E-state index in [2.05, 4.69) is 34.6 Å². The standard InChI is InChI=1S/C15H20N4OS/c1-3-7-13(12-8-5-4-6-9-12)17-14(20)10-21-15-18-16-11-19(15)2/h4-6,8-9,11,13H,3,7,10H2,1-2H3,(H,17,20)/t13-/m1/s1. The summed E-state index contributed by atoms with van der Waals surface area (Å²) in [5, 5.41) is 11.6. The van der Waals surface area contributed by atoms with Gasteiger partial charge >= 0.3 is 0 Å². The molecule has 6 heteroatoms. The normalized spacial score (nSPS) is 12.1. The largest absolute Gasteiger partial charge is 0.349 e. The summed E-state index contributed by atoms with van der Waals surface area (Å²) in [5.41, 5.74) is 1.15. The summed E-state index contributed by atoms with van der Waals surface area (Å²) in [5.74, 6) is 0.366. The molecule has 0 fully saturated rings. The molecule has 1 amide bonds. The molecule has 1 heterocycles. The number of benzene rings is 1. The Morgan fingerprint density at radius 1 is 1.38 bits per heavy atom. The van der Waals surface area contributed by atoms with Gasteiger partial charge in [0.1, 0.15) is 6.33 Å². The fraction of sp³-hybridized carbons (Fsp3) is 0.400. The number of hydrogen-bond acceptors (Lipinski definition) is 4. The molecule has 0 saturated carbocycles. The first-order chi connectivity index (χ1) is 10.2. The minimum Gasteiger partial charge on any atom is -0.349 e. The van der Waals surface area contributed by atoms with Crippen LogP contribution in [0.15, 0.2) is 41.8 Å². The third-order valence-corrected chi connectivity index (χ3v) is 4.15. The highest BCUT2D eigenvalue weighted by Gasteiger charge is 2.14. The van der Waals surface area contributed by atoms with Crippen molar-refractivity contribution in [2.45, 2.75) is 31.0 Å². The Kier molecular flexibility index (Phi) is 5.80. The Labute approximate surface area is 129 Å². The SMILES string of the molecule is CCC[C@@H](NC(=O)CSc1nncn1C)c1ccccc1. The number of thioether (sulfide) groups is 1. The molecule has 1 atom stereocenters. The maximum Gasteiger partial charge on any atom is 0.230 e. The fourth-order valence-corrected chi connectivity index (χ4v) is 2.76. The molecule has 0 bridgehead atoms. The zero-order chi connectivity index (χ0) is 15.1. The topological polar surface area (TPSA) is 59.8 Å². The van der Waals surface area contributed by atoms with E-state index in [1.807, 2.05) is 25.2 Å². The molecule has 112 valence electrons. The van der Waals surface area contributed by atoms with Crippen molar-refractivity contribution in [3.63, 3.8) is 0 Å². The summed E-state index contributed by atoms with van der Waals surface area (Å²) in [6, 6.07) is 10.2. The number of nitrogens with one attached hydrogen (secondary N) is 1. The number of rotatable bonds is 7. The van der Waals surface area contributed by atoms with Crippen molar-refractivity contribution in [2.75, 3.05) is 5.75 Å². The molecule has 1 aromatic heterocycles. The lowest BCUT2D eigenvalue weighted by molar-refractivity contribution is -0.119. The van der Waals surface area contributed by atoms with Crippen molar-refractivity contribution in [3.05, 3.63) is 42.2 Å². The van der Waals surface area contributed by atoms with E-state index in [9.17, 15) is 4.79 Å². The smallest absolute Gasteiger partial charge is 0.230 e. The van der Waals surface area contributed by atoms with E-state index in [1.165, 1.54) is 11.8 Å². The zero-order valence-electron chi connectivity index (χ0n) is 12.3. The summed E-state index contributed by atoms with van der Waals surface area (Å²) < 4.78 is 1.80. The molecule has 0 unspecified atom stereocenters. The molecule has 5 nitrogen and oxygen atoms in total. The van der Waals surface area contributed by atoms with Crippen LogP contribution in [0.25, 0.3) is 0 Å². The average Bonchev–Trinajstić information content (AvgIpc) is 2.91. The number of aromatic nitrogens is 3. The summed E-state index contributed by atoms with van der Waals surface area (Å²) >= 11 is 1.39. The van der Waals surface area contributed by atoms with Crippen molar-refractivity contribution in [2.24, 2.45) is 7.05 Å². The van der Waals surface area contributed by atoms with Gasteiger partial charge in [-0.2, -0.15) is 0 Å². The molecule has 0 saturated heterocycles. The summed E-state index contributed by atoms with van der Waals surface area (Å²) in [6.45, 7) is 2.12. The van der Waals surface area contributed by atoms with Crippen LogP contribution in [0, 0.1) is 0 Å². The number of aryl methyl sites for hydroxylation is 1. The second kappa shape index (κ2) is 7.83. The van der Waals surface area contributed by atoms with E-state index in [4.69, 9.17) is 0 Å². The van der Waals surface area contributed by atoms with Crippen molar-refractivity contribution in [3.8, 4) is 0 Å². The van der Waals surface area contributed by atoms with Crippen molar-refractivity contribution in [1.29, 1.82) is 0 Å². The van der Waals surface area contributed by atoms with Crippen LogP contribution >= 0.6 is 11.8 Å². The summed E-state index contributed by atoms with van der Waals surface area (Å²) in [4.78, 5) is 12.1. The number of nitrogens with zero attached hydrogens (tertiary/aromatic N) is 3. The second-order valence-corrected chi connectivity index (χ2v) is 5.78. The van der Waals surface area contributed by atoms with E-state index in [0.717, 1.165) is 23.6 Å². The lowest BCUT2D eigenvalue weighted by Crippen LogP contribution is -2.30. The predicted molar refractivity (Wildman–Crippen MR) is 84.0 cm³/mol. The van der Waals surface area contributed by atoms with Crippen LogP contribution in [0.5, 0.6) is 0 Å². The molecule has 1 aromatic carbocycles. The minimum atomic E-state index is 0.0188. The van der Waals surface area contributed by atoms with Gasteiger partial charge in [0.25, 0.3) is 0 Å². The lowest BCUT2D eigenvalue weighted by Gasteiger charge is -2.18. The van der Waals surface area contributed by atoms with Crippen molar-refractivity contribution in [1.82, 2.24) is 20.1 Å².